The van der Waals surface area contributed by atoms with E-state index in [0.717, 1.165) is 0 Å². The van der Waals surface area contributed by atoms with Gasteiger partial charge in [0.2, 0.25) is 0 Å². The molecule has 12 heteroatoms. The first-order valence-electron chi connectivity index (χ1n) is 2.00. The van der Waals surface area contributed by atoms with Crippen LogP contribution in [0, 0.1) is 0 Å². The topological polar surface area (TPSA) is 80.3 Å². The average molecular weight is 270 g/mol. The van der Waals surface area contributed by atoms with Crippen molar-refractivity contribution in [3.63, 3.8) is 0 Å². The average Bonchev–Trinajstić information content (AvgIpc) is 1.52. The van der Waals surface area contributed by atoms with E-state index in [1.165, 1.54) is 0 Å². The van der Waals surface area contributed by atoms with Gasteiger partial charge in [0.25, 0.3) is 0 Å². The summed E-state index contributed by atoms with van der Waals surface area (Å²) in [5.74, 6) is 0. The molecule has 0 aliphatic carbocycles. The third-order valence-corrected chi connectivity index (χ3v) is 2.80. The van der Waals surface area contributed by atoms with Crippen molar-refractivity contribution in [2.45, 2.75) is 5.51 Å². The van der Waals surface area contributed by atoms with Gasteiger partial charge in [-0.2, -0.15) is 21.6 Å². The van der Waals surface area contributed by atoms with Gasteiger partial charge in [-0.05, 0) is 0 Å². The zero-order valence-corrected chi connectivity index (χ0v) is 10.7. The predicted molar refractivity (Wildman–Crippen MR) is 33.9 cm³/mol. The fourth-order valence-corrected chi connectivity index (χ4v) is 1.60. The summed E-state index contributed by atoms with van der Waals surface area (Å²) in [6.07, 6.45) is 0. The van der Waals surface area contributed by atoms with Gasteiger partial charge in [0, 0.05) is 51.4 Å². The third-order valence-electron chi connectivity index (χ3n) is 0.514. The zero-order chi connectivity index (χ0) is 10.2. The van der Waals surface area contributed by atoms with Crippen LogP contribution < -0.4 is 4.13 Å². The van der Waals surface area contributed by atoms with Crippen LogP contribution in [-0.4, -0.2) is 73.7 Å². The Morgan fingerprint density at radius 1 is 1.00 bits per heavy atom. The van der Waals surface area contributed by atoms with Gasteiger partial charge in [-0.15, -0.1) is 0 Å². The Morgan fingerprint density at radius 2 is 1.31 bits per heavy atom. The smallest absolute Gasteiger partial charge is 0.202 e. The minimum Gasteiger partial charge on any atom is -0.202 e. The summed E-state index contributed by atoms with van der Waals surface area (Å²) in [4.78, 5) is 0. The first kappa shape index (κ1) is 16.6. The summed E-state index contributed by atoms with van der Waals surface area (Å²) in [7, 11) is -12.1. The maximum atomic E-state index is 11.4. The molecule has 0 rings (SSSR count). The Labute approximate surface area is 114 Å². The van der Waals surface area contributed by atoms with Crippen LogP contribution in [0.25, 0.3) is 0 Å². The first-order chi connectivity index (χ1) is 4.96. The molecule has 0 saturated heterocycles. The van der Waals surface area contributed by atoms with Crippen molar-refractivity contribution < 1.29 is 33.9 Å². The van der Waals surface area contributed by atoms with Crippen molar-refractivity contribution in [2.75, 3.05) is 0 Å². The van der Waals surface area contributed by atoms with E-state index in [2.05, 4.69) is 0 Å². The molecule has 13 heavy (non-hydrogen) atoms. The first-order valence-corrected chi connectivity index (χ1v) is 4.87. The van der Waals surface area contributed by atoms with Crippen LogP contribution in [0.3, 0.4) is 0 Å². The van der Waals surface area contributed by atoms with Crippen molar-refractivity contribution >= 4 is 71.8 Å². The fourth-order valence-electron chi connectivity index (χ4n) is 0.178. The van der Waals surface area contributed by atoms with Crippen molar-refractivity contribution in [3.05, 3.63) is 0 Å². The molecular weight excluding hydrogens is 269 g/mol. The molecule has 0 aromatic rings. The number of rotatable bonds is 2. The van der Waals surface area contributed by atoms with Crippen LogP contribution in [-0.2, 0) is 20.4 Å². The molecule has 0 aliphatic heterocycles. The van der Waals surface area contributed by atoms with E-state index in [-0.39, 0.29) is 55.5 Å². The molecule has 0 atom stereocenters. The van der Waals surface area contributed by atoms with Gasteiger partial charge in [-0.3, -0.25) is 0 Å². The SMILES string of the molecule is O=S(=O)(F)NS(=O)(=O)C(F)(F)F.[K]. The quantitative estimate of drug-likeness (QED) is 0.407. The van der Waals surface area contributed by atoms with Crippen LogP contribution in [0.5, 0.6) is 0 Å². The normalized spacial score (nSPS) is 13.5. The van der Waals surface area contributed by atoms with Gasteiger partial charge < -0.3 is 0 Å². The molecule has 1 radical (unpaired) electrons. The van der Waals surface area contributed by atoms with Gasteiger partial charge in [0.05, 0.1) is 0 Å². The van der Waals surface area contributed by atoms with E-state index in [4.69, 9.17) is 0 Å². The number of sulfonamides is 1. The van der Waals surface area contributed by atoms with Crippen LogP contribution in [0.2, 0.25) is 0 Å². The summed E-state index contributed by atoms with van der Waals surface area (Å²) in [5.41, 5.74) is -5.86. The Balaban J connectivity index is 0. The molecule has 0 heterocycles. The van der Waals surface area contributed by atoms with E-state index in [9.17, 15) is 33.9 Å². The zero-order valence-electron chi connectivity index (χ0n) is 5.96. The number of halogens is 4. The standard InChI is InChI=1S/CHF4NO4S2.K/c2-1(3,4)11(7,8)6-12(5,9)10;/h6H;. The van der Waals surface area contributed by atoms with E-state index in [1.54, 1.807) is 0 Å². The molecule has 0 aromatic heterocycles. The van der Waals surface area contributed by atoms with Gasteiger partial charge in [0.1, 0.15) is 0 Å². The minimum atomic E-state index is -6.17. The van der Waals surface area contributed by atoms with E-state index >= 15 is 0 Å². The van der Waals surface area contributed by atoms with Crippen molar-refractivity contribution in [1.29, 1.82) is 0 Å². The van der Waals surface area contributed by atoms with E-state index in [0.29, 0.717) is 0 Å². The summed E-state index contributed by atoms with van der Waals surface area (Å²) >= 11 is 0. The number of alkyl halides is 3. The Kier molecular flexibility index (Phi) is 6.18. The molecular formula is CHF4KNO4S2. The molecule has 0 unspecified atom stereocenters. The van der Waals surface area contributed by atoms with Gasteiger partial charge >= 0.3 is 25.9 Å². The maximum absolute atomic E-state index is 11.4. The second-order valence-electron chi connectivity index (χ2n) is 1.47. The van der Waals surface area contributed by atoms with E-state index in [1.807, 2.05) is 0 Å². The summed E-state index contributed by atoms with van der Waals surface area (Å²) in [6.45, 7) is 0. The van der Waals surface area contributed by atoms with Gasteiger partial charge in [0.15, 0.2) is 0 Å². The molecule has 75 valence electrons. The van der Waals surface area contributed by atoms with E-state index < -0.39 is 25.9 Å². The van der Waals surface area contributed by atoms with Gasteiger partial charge in [-0.1, -0.05) is 8.01 Å². The van der Waals surface area contributed by atoms with Crippen molar-refractivity contribution in [3.8, 4) is 0 Å². The minimum absolute atomic E-state index is 0. The third kappa shape index (κ3) is 6.32. The molecule has 0 saturated carbocycles. The van der Waals surface area contributed by atoms with Crippen molar-refractivity contribution in [1.82, 2.24) is 4.13 Å². The fraction of sp³-hybridized carbons (Fsp3) is 1.00. The molecule has 5 nitrogen and oxygen atoms in total. The molecule has 0 spiro atoms. The molecule has 0 bridgehead atoms. The molecule has 1 N–H and O–H groups in total. The summed E-state index contributed by atoms with van der Waals surface area (Å²) in [5, 5.41) is 0. The number of nitrogens with one attached hydrogen (secondary N) is 1. The summed E-state index contributed by atoms with van der Waals surface area (Å²) in [6, 6.07) is 0. The molecule has 0 aliphatic rings. The molecule has 0 amide bonds. The maximum Gasteiger partial charge on any atom is 0.512 e. The predicted octanol–water partition coefficient (Wildman–Crippen LogP) is -0.741. The molecule has 0 fully saturated rings. The number of hydrogen-bond acceptors (Lipinski definition) is 4. The Bertz CT molecular complexity index is 354. The second kappa shape index (κ2) is 4.83. The summed E-state index contributed by atoms with van der Waals surface area (Å²) < 4.78 is 83.5. The van der Waals surface area contributed by atoms with Crippen LogP contribution in [0.15, 0.2) is 0 Å². The Hall–Kier alpha value is 1.22. The van der Waals surface area contributed by atoms with Gasteiger partial charge in [-0.25, -0.2) is 8.42 Å². The van der Waals surface area contributed by atoms with Crippen LogP contribution in [0.1, 0.15) is 0 Å². The van der Waals surface area contributed by atoms with Crippen LogP contribution >= 0.6 is 0 Å². The second-order valence-corrected chi connectivity index (χ2v) is 4.48. The molecule has 0 aromatic carbocycles. The largest absolute Gasteiger partial charge is 0.512 e. The number of hydrogen-bond donors (Lipinski definition) is 1. The van der Waals surface area contributed by atoms with Crippen molar-refractivity contribution in [2.24, 2.45) is 0 Å². The monoisotopic (exact) mass is 270 g/mol. The van der Waals surface area contributed by atoms with Crippen LogP contribution in [0.4, 0.5) is 17.1 Å². The Morgan fingerprint density at radius 3 is 1.38 bits per heavy atom.